The number of nitrogens with zero attached hydrogens (tertiary/aromatic N) is 1. The van der Waals surface area contributed by atoms with Crippen LogP contribution in [0.25, 0.3) is 0 Å². The predicted octanol–water partition coefficient (Wildman–Crippen LogP) is 2.11. The second-order valence-corrected chi connectivity index (χ2v) is 7.34. The van der Waals surface area contributed by atoms with Crippen molar-refractivity contribution in [3.63, 3.8) is 0 Å². The molecule has 2 rings (SSSR count). The van der Waals surface area contributed by atoms with Gasteiger partial charge in [0.1, 0.15) is 0 Å². The van der Waals surface area contributed by atoms with Crippen LogP contribution in [-0.2, 0) is 22.3 Å². The summed E-state index contributed by atoms with van der Waals surface area (Å²) in [5, 5.41) is 3.08. The van der Waals surface area contributed by atoms with Gasteiger partial charge in [-0.1, -0.05) is 31.2 Å². The molecule has 0 spiro atoms. The largest absolute Gasteiger partial charge is 0.316 e. The Balaban J connectivity index is 2.07. The molecule has 1 saturated heterocycles. The van der Waals surface area contributed by atoms with Crippen LogP contribution in [0.4, 0.5) is 0 Å². The zero-order chi connectivity index (χ0) is 14.6. The first kappa shape index (κ1) is 15.5. The second kappa shape index (κ2) is 6.70. The Kier molecular flexibility index (Phi) is 5.18. The molecule has 1 aliphatic rings. The molecule has 1 heterocycles. The Bertz CT molecular complexity index is 525. The topological polar surface area (TPSA) is 49.4 Å². The quantitative estimate of drug-likeness (QED) is 0.874. The molecule has 1 atom stereocenters. The van der Waals surface area contributed by atoms with Gasteiger partial charge in [-0.15, -0.1) is 0 Å². The summed E-state index contributed by atoms with van der Waals surface area (Å²) in [6.45, 7) is 3.54. The Morgan fingerprint density at radius 2 is 1.90 bits per heavy atom. The van der Waals surface area contributed by atoms with E-state index in [2.05, 4.69) is 12.2 Å². The molecule has 0 amide bonds. The van der Waals surface area contributed by atoms with Crippen LogP contribution >= 0.6 is 0 Å². The maximum absolute atomic E-state index is 12.5. The fourth-order valence-electron chi connectivity index (χ4n) is 2.83. The summed E-state index contributed by atoms with van der Waals surface area (Å²) in [7, 11) is -1.28. The normalized spacial score (nSPS) is 20.4. The highest BCUT2D eigenvalue weighted by Crippen LogP contribution is 2.25. The second-order valence-electron chi connectivity index (χ2n) is 5.42. The number of hydrogen-bond donors (Lipinski definition) is 1. The third-order valence-electron chi connectivity index (χ3n) is 3.90. The first-order chi connectivity index (χ1) is 9.56. The molecule has 0 saturated carbocycles. The van der Waals surface area contributed by atoms with E-state index in [1.165, 1.54) is 5.56 Å². The van der Waals surface area contributed by atoms with Gasteiger partial charge in [0, 0.05) is 19.1 Å². The predicted molar refractivity (Wildman–Crippen MR) is 81.8 cm³/mol. The van der Waals surface area contributed by atoms with E-state index in [0.29, 0.717) is 6.54 Å². The van der Waals surface area contributed by atoms with Crippen molar-refractivity contribution in [3.05, 3.63) is 35.4 Å². The lowest BCUT2D eigenvalue weighted by Crippen LogP contribution is -2.35. The summed E-state index contributed by atoms with van der Waals surface area (Å²) in [6.07, 6.45) is 2.88. The highest BCUT2D eigenvalue weighted by molar-refractivity contribution is 7.88. The lowest BCUT2D eigenvalue weighted by atomic mass is 10.1. The highest BCUT2D eigenvalue weighted by atomic mass is 32.2. The van der Waals surface area contributed by atoms with Gasteiger partial charge in [0.15, 0.2) is 0 Å². The van der Waals surface area contributed by atoms with Crippen molar-refractivity contribution in [2.24, 2.45) is 0 Å². The molecule has 0 aliphatic carbocycles. The van der Waals surface area contributed by atoms with Crippen LogP contribution in [0.3, 0.4) is 0 Å². The van der Waals surface area contributed by atoms with Crippen molar-refractivity contribution in [3.8, 4) is 0 Å². The first-order valence-corrected chi connectivity index (χ1v) is 8.89. The molecule has 1 aliphatic heterocycles. The van der Waals surface area contributed by atoms with Crippen LogP contribution in [0.5, 0.6) is 0 Å². The highest BCUT2D eigenvalue weighted by Gasteiger charge is 2.32. The average Bonchev–Trinajstić information content (AvgIpc) is 2.90. The van der Waals surface area contributed by atoms with Crippen molar-refractivity contribution in [2.45, 2.75) is 44.5 Å². The van der Waals surface area contributed by atoms with E-state index in [1.54, 1.807) is 4.31 Å². The Labute approximate surface area is 122 Å². The van der Waals surface area contributed by atoms with E-state index in [1.807, 2.05) is 31.3 Å². The molecule has 112 valence electrons. The summed E-state index contributed by atoms with van der Waals surface area (Å²) in [4.78, 5) is 0. The Morgan fingerprint density at radius 1 is 1.25 bits per heavy atom. The number of hydrogen-bond acceptors (Lipinski definition) is 3. The van der Waals surface area contributed by atoms with E-state index >= 15 is 0 Å². The SMILES string of the molecule is CCC1CCCN1S(=O)(=O)Cc1ccc(CNC)cc1. The third kappa shape index (κ3) is 3.59. The van der Waals surface area contributed by atoms with E-state index in [9.17, 15) is 8.42 Å². The third-order valence-corrected chi connectivity index (χ3v) is 5.80. The molecule has 1 aromatic rings. The first-order valence-electron chi connectivity index (χ1n) is 7.28. The molecular weight excluding hydrogens is 272 g/mol. The molecule has 5 heteroatoms. The summed E-state index contributed by atoms with van der Waals surface area (Å²) >= 11 is 0. The molecule has 0 bridgehead atoms. The fraction of sp³-hybridized carbons (Fsp3) is 0.600. The van der Waals surface area contributed by atoms with Crippen LogP contribution in [0.2, 0.25) is 0 Å². The molecule has 0 aromatic heterocycles. The maximum atomic E-state index is 12.5. The number of benzene rings is 1. The van der Waals surface area contributed by atoms with Crippen molar-refractivity contribution in [2.75, 3.05) is 13.6 Å². The van der Waals surface area contributed by atoms with Crippen molar-refractivity contribution in [1.29, 1.82) is 0 Å². The minimum atomic E-state index is -3.18. The van der Waals surface area contributed by atoms with Gasteiger partial charge >= 0.3 is 0 Å². The van der Waals surface area contributed by atoms with Gasteiger partial charge in [0.2, 0.25) is 10.0 Å². The monoisotopic (exact) mass is 296 g/mol. The van der Waals surface area contributed by atoms with E-state index in [0.717, 1.165) is 31.4 Å². The van der Waals surface area contributed by atoms with Gasteiger partial charge in [-0.3, -0.25) is 0 Å². The van der Waals surface area contributed by atoms with Crippen molar-refractivity contribution in [1.82, 2.24) is 9.62 Å². The fourth-order valence-corrected chi connectivity index (χ4v) is 4.73. The standard InChI is InChI=1S/C15H24N2O2S/c1-3-15-5-4-10-17(15)20(18,19)12-14-8-6-13(7-9-14)11-16-2/h6-9,15-16H,3-5,10-12H2,1-2H3. The van der Waals surface area contributed by atoms with Gasteiger partial charge in [-0.2, -0.15) is 4.31 Å². The van der Waals surface area contributed by atoms with E-state index in [4.69, 9.17) is 0 Å². The van der Waals surface area contributed by atoms with Gasteiger partial charge in [-0.05, 0) is 37.4 Å². The zero-order valence-electron chi connectivity index (χ0n) is 12.3. The van der Waals surface area contributed by atoms with Gasteiger partial charge in [0.25, 0.3) is 0 Å². The molecule has 0 radical (unpaired) electrons. The van der Waals surface area contributed by atoms with Gasteiger partial charge < -0.3 is 5.32 Å². The van der Waals surface area contributed by atoms with Crippen LogP contribution in [0.1, 0.15) is 37.3 Å². The Hall–Kier alpha value is -0.910. The van der Waals surface area contributed by atoms with E-state index < -0.39 is 10.0 Å². The van der Waals surface area contributed by atoms with Gasteiger partial charge in [0.05, 0.1) is 5.75 Å². The molecule has 1 aromatic carbocycles. The molecule has 4 nitrogen and oxygen atoms in total. The summed E-state index contributed by atoms with van der Waals surface area (Å²) < 4.78 is 26.7. The lowest BCUT2D eigenvalue weighted by Gasteiger charge is -2.23. The van der Waals surface area contributed by atoms with Crippen LogP contribution in [0.15, 0.2) is 24.3 Å². The Morgan fingerprint density at radius 3 is 2.50 bits per heavy atom. The molecule has 1 fully saturated rings. The molecule has 1 N–H and O–H groups in total. The number of nitrogens with one attached hydrogen (secondary N) is 1. The number of rotatable bonds is 6. The van der Waals surface area contributed by atoms with Crippen LogP contribution in [-0.4, -0.2) is 32.4 Å². The summed E-state index contributed by atoms with van der Waals surface area (Å²) in [5.74, 6) is 0.114. The summed E-state index contributed by atoms with van der Waals surface area (Å²) in [6, 6.07) is 8.01. The van der Waals surface area contributed by atoms with Gasteiger partial charge in [-0.25, -0.2) is 8.42 Å². The average molecular weight is 296 g/mol. The lowest BCUT2D eigenvalue weighted by molar-refractivity contribution is 0.379. The van der Waals surface area contributed by atoms with Crippen LogP contribution < -0.4 is 5.32 Å². The molecule has 20 heavy (non-hydrogen) atoms. The smallest absolute Gasteiger partial charge is 0.218 e. The zero-order valence-corrected chi connectivity index (χ0v) is 13.1. The minimum absolute atomic E-state index is 0.114. The maximum Gasteiger partial charge on any atom is 0.218 e. The molecule has 1 unspecified atom stereocenters. The minimum Gasteiger partial charge on any atom is -0.316 e. The molecular formula is C15H24N2O2S. The summed E-state index contributed by atoms with van der Waals surface area (Å²) in [5.41, 5.74) is 2.04. The van der Waals surface area contributed by atoms with Crippen molar-refractivity contribution >= 4 is 10.0 Å². The van der Waals surface area contributed by atoms with Crippen LogP contribution in [0, 0.1) is 0 Å². The van der Waals surface area contributed by atoms with Crippen molar-refractivity contribution < 1.29 is 8.42 Å². The van der Waals surface area contributed by atoms with E-state index in [-0.39, 0.29) is 11.8 Å². The number of sulfonamides is 1.